The lowest BCUT2D eigenvalue weighted by molar-refractivity contribution is -0.0489. The SMILES string of the molecule is C=Cc1ccc2cc(C3CCC(/C=C/C)CC3)ccc2c1OC(F)F. The molecule has 1 aliphatic carbocycles. The van der Waals surface area contributed by atoms with Gasteiger partial charge in [0.2, 0.25) is 0 Å². The first-order valence-corrected chi connectivity index (χ1v) is 8.89. The molecule has 0 aliphatic heterocycles. The Bertz CT molecular complexity index is 771. The highest BCUT2D eigenvalue weighted by Crippen LogP contribution is 2.39. The first-order valence-electron chi connectivity index (χ1n) is 8.89. The Morgan fingerprint density at radius 2 is 1.88 bits per heavy atom. The second-order valence-corrected chi connectivity index (χ2v) is 6.68. The van der Waals surface area contributed by atoms with Crippen molar-refractivity contribution in [2.45, 2.75) is 45.1 Å². The molecule has 25 heavy (non-hydrogen) atoms. The van der Waals surface area contributed by atoms with Crippen LogP contribution in [0.15, 0.2) is 49.1 Å². The summed E-state index contributed by atoms with van der Waals surface area (Å²) in [6.07, 6.45) is 10.8. The van der Waals surface area contributed by atoms with Crippen molar-refractivity contribution >= 4 is 16.8 Å². The Morgan fingerprint density at radius 3 is 2.52 bits per heavy atom. The number of alkyl halides is 2. The van der Waals surface area contributed by atoms with E-state index in [1.54, 1.807) is 12.1 Å². The molecule has 1 aliphatic rings. The molecule has 3 heteroatoms. The first kappa shape index (κ1) is 17.7. The Hall–Kier alpha value is -2.16. The molecular formula is C22H24F2O. The van der Waals surface area contributed by atoms with Crippen LogP contribution in [-0.2, 0) is 0 Å². The average molecular weight is 342 g/mol. The van der Waals surface area contributed by atoms with E-state index in [1.165, 1.54) is 31.2 Å². The molecule has 1 saturated carbocycles. The van der Waals surface area contributed by atoms with Gasteiger partial charge in [0, 0.05) is 10.9 Å². The summed E-state index contributed by atoms with van der Waals surface area (Å²) in [6, 6.07) is 9.85. The van der Waals surface area contributed by atoms with Crippen molar-refractivity contribution in [1.29, 1.82) is 0 Å². The molecule has 0 bridgehead atoms. The van der Waals surface area contributed by atoms with Crippen molar-refractivity contribution in [2.24, 2.45) is 5.92 Å². The van der Waals surface area contributed by atoms with Crippen molar-refractivity contribution in [3.8, 4) is 5.75 Å². The molecule has 1 fully saturated rings. The lowest BCUT2D eigenvalue weighted by Crippen LogP contribution is -2.11. The largest absolute Gasteiger partial charge is 0.434 e. The minimum Gasteiger partial charge on any atom is -0.434 e. The van der Waals surface area contributed by atoms with E-state index in [4.69, 9.17) is 4.74 Å². The van der Waals surface area contributed by atoms with Crippen molar-refractivity contribution in [3.05, 3.63) is 60.2 Å². The molecule has 2 aromatic rings. The number of allylic oxidation sites excluding steroid dienone is 2. The van der Waals surface area contributed by atoms with Gasteiger partial charge >= 0.3 is 6.61 Å². The third-order valence-corrected chi connectivity index (χ3v) is 5.16. The Morgan fingerprint density at radius 1 is 1.12 bits per heavy atom. The molecule has 2 aromatic carbocycles. The maximum absolute atomic E-state index is 12.8. The zero-order chi connectivity index (χ0) is 17.8. The molecule has 0 N–H and O–H groups in total. The fourth-order valence-corrected chi connectivity index (χ4v) is 3.89. The fraction of sp³-hybridized carbons (Fsp3) is 0.364. The third kappa shape index (κ3) is 3.92. The number of hydrogen-bond donors (Lipinski definition) is 0. The molecule has 132 valence electrons. The highest BCUT2D eigenvalue weighted by atomic mass is 19.3. The van der Waals surface area contributed by atoms with Gasteiger partial charge in [-0.25, -0.2) is 0 Å². The number of hydrogen-bond acceptors (Lipinski definition) is 1. The Labute approximate surface area is 148 Å². The molecule has 0 unspecified atom stereocenters. The van der Waals surface area contributed by atoms with Crippen LogP contribution in [0.1, 0.15) is 49.7 Å². The lowest BCUT2D eigenvalue weighted by Gasteiger charge is -2.27. The number of benzene rings is 2. The summed E-state index contributed by atoms with van der Waals surface area (Å²) in [5.41, 5.74) is 1.88. The van der Waals surface area contributed by atoms with Crippen LogP contribution in [0.3, 0.4) is 0 Å². The molecule has 0 aromatic heterocycles. The van der Waals surface area contributed by atoms with Gasteiger partial charge in [0.25, 0.3) is 0 Å². The van der Waals surface area contributed by atoms with Gasteiger partial charge in [-0.2, -0.15) is 8.78 Å². The summed E-state index contributed by atoms with van der Waals surface area (Å²) >= 11 is 0. The Kier molecular flexibility index (Phi) is 5.52. The number of ether oxygens (including phenoxy) is 1. The van der Waals surface area contributed by atoms with Gasteiger partial charge in [-0.1, -0.05) is 55.1 Å². The standard InChI is InChI=1S/C22H24F2O/c1-3-5-15-6-8-17(9-7-15)18-12-13-20-19(14-18)11-10-16(4-2)21(20)25-22(23)24/h3-5,10-15,17,22H,2,6-9H2,1H3/b5-3+. The van der Waals surface area contributed by atoms with E-state index in [1.807, 2.05) is 12.1 Å². The predicted octanol–water partition coefficient (Wildman–Crippen LogP) is 6.93. The fourth-order valence-electron chi connectivity index (χ4n) is 3.89. The van der Waals surface area contributed by atoms with Crippen molar-refractivity contribution < 1.29 is 13.5 Å². The van der Waals surface area contributed by atoms with Crippen LogP contribution in [0, 0.1) is 5.92 Å². The van der Waals surface area contributed by atoms with Crippen LogP contribution >= 0.6 is 0 Å². The van der Waals surface area contributed by atoms with Gasteiger partial charge in [-0.15, -0.1) is 0 Å². The predicted molar refractivity (Wildman–Crippen MR) is 100 cm³/mol. The van der Waals surface area contributed by atoms with Crippen LogP contribution in [0.5, 0.6) is 5.75 Å². The second kappa shape index (κ2) is 7.81. The second-order valence-electron chi connectivity index (χ2n) is 6.68. The highest BCUT2D eigenvalue weighted by molar-refractivity contribution is 5.92. The number of halogens is 2. The zero-order valence-electron chi connectivity index (χ0n) is 14.6. The first-order chi connectivity index (χ1) is 12.1. The lowest BCUT2D eigenvalue weighted by atomic mass is 9.78. The van der Waals surface area contributed by atoms with E-state index < -0.39 is 6.61 Å². The van der Waals surface area contributed by atoms with Crippen molar-refractivity contribution in [1.82, 2.24) is 0 Å². The summed E-state index contributed by atoms with van der Waals surface area (Å²) in [6.45, 7) is 2.92. The smallest absolute Gasteiger partial charge is 0.387 e. The van der Waals surface area contributed by atoms with Crippen LogP contribution in [0.4, 0.5) is 8.78 Å². The summed E-state index contributed by atoms with van der Waals surface area (Å²) in [4.78, 5) is 0. The van der Waals surface area contributed by atoms with E-state index in [2.05, 4.69) is 37.8 Å². The maximum atomic E-state index is 12.8. The van der Waals surface area contributed by atoms with Gasteiger partial charge < -0.3 is 4.74 Å². The van der Waals surface area contributed by atoms with Crippen LogP contribution < -0.4 is 4.74 Å². The average Bonchev–Trinajstić information content (AvgIpc) is 2.62. The minimum absolute atomic E-state index is 0.214. The van der Waals surface area contributed by atoms with E-state index in [0.29, 0.717) is 22.8 Å². The van der Waals surface area contributed by atoms with Gasteiger partial charge in [0.15, 0.2) is 0 Å². The molecule has 0 spiro atoms. The molecule has 0 saturated heterocycles. The van der Waals surface area contributed by atoms with E-state index in [0.717, 1.165) is 5.39 Å². The molecule has 1 nitrogen and oxygen atoms in total. The summed E-state index contributed by atoms with van der Waals surface area (Å²) in [5.74, 6) is 1.46. The quantitative estimate of drug-likeness (QED) is 0.535. The van der Waals surface area contributed by atoms with E-state index in [-0.39, 0.29) is 5.75 Å². The molecular weight excluding hydrogens is 318 g/mol. The van der Waals surface area contributed by atoms with Crippen LogP contribution in [0.2, 0.25) is 0 Å². The molecule has 0 atom stereocenters. The number of fused-ring (bicyclic) bond motifs is 1. The van der Waals surface area contributed by atoms with Crippen molar-refractivity contribution in [3.63, 3.8) is 0 Å². The minimum atomic E-state index is -2.84. The van der Waals surface area contributed by atoms with Gasteiger partial charge in [0.05, 0.1) is 0 Å². The highest BCUT2D eigenvalue weighted by Gasteiger charge is 2.21. The van der Waals surface area contributed by atoms with E-state index >= 15 is 0 Å². The van der Waals surface area contributed by atoms with Crippen molar-refractivity contribution in [2.75, 3.05) is 0 Å². The topological polar surface area (TPSA) is 9.23 Å². The molecule has 0 heterocycles. The van der Waals surface area contributed by atoms with Crippen LogP contribution in [0.25, 0.3) is 16.8 Å². The summed E-state index contributed by atoms with van der Waals surface area (Å²) in [7, 11) is 0. The summed E-state index contributed by atoms with van der Waals surface area (Å²) < 4.78 is 30.3. The van der Waals surface area contributed by atoms with Gasteiger partial charge in [-0.3, -0.25) is 0 Å². The van der Waals surface area contributed by atoms with Crippen LogP contribution in [-0.4, -0.2) is 6.61 Å². The van der Waals surface area contributed by atoms with Gasteiger partial charge in [0.1, 0.15) is 5.75 Å². The number of rotatable bonds is 5. The molecule has 0 amide bonds. The van der Waals surface area contributed by atoms with Gasteiger partial charge in [-0.05, 0) is 55.4 Å². The summed E-state index contributed by atoms with van der Waals surface area (Å²) in [5, 5.41) is 1.65. The molecule has 0 radical (unpaired) electrons. The zero-order valence-corrected chi connectivity index (χ0v) is 14.6. The van der Waals surface area contributed by atoms with E-state index in [9.17, 15) is 8.78 Å². The Balaban J connectivity index is 1.89. The third-order valence-electron chi connectivity index (χ3n) is 5.16. The monoisotopic (exact) mass is 342 g/mol. The molecule has 3 rings (SSSR count). The maximum Gasteiger partial charge on any atom is 0.387 e. The normalized spacial score (nSPS) is 21.1.